The standard InChI is InChI=1S/C34H33F3N8O2/c1-20(46)15-39-29-12-23(25-9-21(14-38)3-4-24(25)31-42-40-19-43(31)2)13-30(41-29)45-17-27-26(32(45)47)10-22(11-28(27)34(35,36)37)16-44-8-7-33(18-44)5-6-33/h3-4,9-13,19-20,46H,5-8,15-18H2,1-2H3,(H,39,41)/t20-/m1/s1. The van der Waals surface area contributed by atoms with Gasteiger partial charge in [0.05, 0.1) is 29.8 Å². The molecule has 1 amide bonds. The number of hydrogen-bond acceptors (Lipinski definition) is 8. The van der Waals surface area contributed by atoms with Crippen LogP contribution in [0, 0.1) is 16.7 Å². The fourth-order valence-corrected chi connectivity index (χ4v) is 6.73. The zero-order chi connectivity index (χ0) is 33.1. The molecule has 0 unspecified atom stereocenters. The maximum Gasteiger partial charge on any atom is 0.416 e. The molecule has 13 heteroatoms. The molecule has 1 aliphatic carbocycles. The van der Waals surface area contributed by atoms with Gasteiger partial charge in [0.25, 0.3) is 5.91 Å². The number of pyridine rings is 1. The summed E-state index contributed by atoms with van der Waals surface area (Å²) in [5.74, 6) is 0.387. The highest BCUT2D eigenvalue weighted by Gasteiger charge is 2.47. The second kappa shape index (κ2) is 11.5. The van der Waals surface area contributed by atoms with Crippen LogP contribution >= 0.6 is 0 Å². The van der Waals surface area contributed by atoms with Crippen molar-refractivity contribution in [3.05, 3.63) is 76.6 Å². The number of nitrogens with one attached hydrogen (secondary N) is 1. The number of nitrogens with zero attached hydrogens (tertiary/aromatic N) is 7. The molecule has 2 aromatic heterocycles. The largest absolute Gasteiger partial charge is 0.416 e. The molecule has 1 spiro atoms. The number of carbonyl (C=O) groups is 1. The molecule has 242 valence electrons. The molecule has 2 fully saturated rings. The molecule has 10 nitrogen and oxygen atoms in total. The molecule has 4 heterocycles. The third kappa shape index (κ3) is 5.94. The second-order valence-corrected chi connectivity index (χ2v) is 13.0. The first-order chi connectivity index (χ1) is 22.4. The van der Waals surface area contributed by atoms with Gasteiger partial charge in [0.15, 0.2) is 5.82 Å². The number of aryl methyl sites for hydroxylation is 1. The van der Waals surface area contributed by atoms with Crippen molar-refractivity contribution >= 4 is 17.5 Å². The Kier molecular flexibility index (Phi) is 7.52. The summed E-state index contributed by atoms with van der Waals surface area (Å²) in [7, 11) is 1.78. The summed E-state index contributed by atoms with van der Waals surface area (Å²) in [5, 5.41) is 30.9. The molecular formula is C34H33F3N8O2. The monoisotopic (exact) mass is 642 g/mol. The predicted octanol–water partition coefficient (Wildman–Crippen LogP) is 5.37. The number of aromatic nitrogens is 4. The van der Waals surface area contributed by atoms with E-state index in [1.165, 1.54) is 11.0 Å². The van der Waals surface area contributed by atoms with Crippen molar-refractivity contribution in [2.24, 2.45) is 12.5 Å². The van der Waals surface area contributed by atoms with Gasteiger partial charge in [-0.2, -0.15) is 18.4 Å². The summed E-state index contributed by atoms with van der Waals surface area (Å²) in [5.41, 5.74) is 2.08. The lowest BCUT2D eigenvalue weighted by atomic mass is 9.97. The molecule has 2 aliphatic heterocycles. The maximum atomic E-state index is 14.5. The summed E-state index contributed by atoms with van der Waals surface area (Å²) in [4.78, 5) is 22.0. The van der Waals surface area contributed by atoms with Gasteiger partial charge in [0.2, 0.25) is 0 Å². The van der Waals surface area contributed by atoms with Crippen molar-refractivity contribution in [1.29, 1.82) is 5.26 Å². The molecule has 0 bridgehead atoms. The lowest BCUT2D eigenvalue weighted by Crippen LogP contribution is -2.25. The molecule has 7 rings (SSSR count). The van der Waals surface area contributed by atoms with Crippen LogP contribution in [0.25, 0.3) is 22.5 Å². The number of carbonyl (C=O) groups excluding carboxylic acids is 1. The van der Waals surface area contributed by atoms with Crippen molar-refractivity contribution in [3.8, 4) is 28.6 Å². The number of amides is 1. The highest BCUT2D eigenvalue weighted by molar-refractivity contribution is 6.10. The van der Waals surface area contributed by atoms with E-state index in [4.69, 9.17) is 0 Å². The number of benzene rings is 2. The van der Waals surface area contributed by atoms with E-state index in [-0.39, 0.29) is 30.0 Å². The van der Waals surface area contributed by atoms with E-state index < -0.39 is 23.8 Å². The van der Waals surface area contributed by atoms with Gasteiger partial charge in [-0.25, -0.2) is 4.98 Å². The van der Waals surface area contributed by atoms with Crippen molar-refractivity contribution in [1.82, 2.24) is 24.6 Å². The molecular weight excluding hydrogens is 609 g/mol. The molecule has 1 saturated carbocycles. The number of fused-ring (bicyclic) bond motifs is 1. The average molecular weight is 643 g/mol. The first kappa shape index (κ1) is 30.8. The van der Waals surface area contributed by atoms with Crippen molar-refractivity contribution < 1.29 is 23.1 Å². The van der Waals surface area contributed by atoms with Crippen LogP contribution in [0.4, 0.5) is 24.8 Å². The van der Waals surface area contributed by atoms with Crippen LogP contribution < -0.4 is 10.2 Å². The van der Waals surface area contributed by atoms with Gasteiger partial charge >= 0.3 is 6.18 Å². The lowest BCUT2D eigenvalue weighted by Gasteiger charge is -2.19. The summed E-state index contributed by atoms with van der Waals surface area (Å²) in [6, 6.07) is 13.4. The van der Waals surface area contributed by atoms with Gasteiger partial charge in [-0.3, -0.25) is 14.6 Å². The Balaban J connectivity index is 1.30. The summed E-state index contributed by atoms with van der Waals surface area (Å²) in [6.07, 6.45) is -0.450. The van der Waals surface area contributed by atoms with E-state index in [9.17, 15) is 28.3 Å². The van der Waals surface area contributed by atoms with Crippen LogP contribution in [0.2, 0.25) is 0 Å². The smallest absolute Gasteiger partial charge is 0.392 e. The molecule has 4 aromatic rings. The van der Waals surface area contributed by atoms with Crippen LogP contribution in [-0.2, 0) is 26.3 Å². The van der Waals surface area contributed by atoms with E-state index in [1.54, 1.807) is 61.3 Å². The summed E-state index contributed by atoms with van der Waals surface area (Å²) >= 11 is 0. The topological polar surface area (TPSA) is 123 Å². The predicted molar refractivity (Wildman–Crippen MR) is 168 cm³/mol. The Morgan fingerprint density at radius 2 is 1.91 bits per heavy atom. The Labute approximate surface area is 269 Å². The second-order valence-electron chi connectivity index (χ2n) is 13.0. The lowest BCUT2D eigenvalue weighted by molar-refractivity contribution is -0.138. The van der Waals surface area contributed by atoms with Gasteiger partial charge in [0, 0.05) is 37.8 Å². The molecule has 2 aromatic carbocycles. The highest BCUT2D eigenvalue weighted by atomic mass is 19.4. The number of nitriles is 1. The number of anilines is 2. The van der Waals surface area contributed by atoms with Gasteiger partial charge in [-0.05, 0) is 103 Å². The SMILES string of the molecule is C[C@@H](O)CNc1cc(-c2cc(C#N)ccc2-c2nncn2C)cc(N2Cc3c(cc(CN4CCC5(CC5)C4)cc3C(F)(F)F)C2=O)n1. The summed E-state index contributed by atoms with van der Waals surface area (Å²) in [6.45, 7) is 3.49. The van der Waals surface area contributed by atoms with E-state index >= 15 is 0 Å². The first-order valence-electron chi connectivity index (χ1n) is 15.5. The van der Waals surface area contributed by atoms with Crippen molar-refractivity contribution in [3.63, 3.8) is 0 Å². The fraction of sp³-hybridized carbons (Fsp3) is 0.382. The fourth-order valence-electron chi connectivity index (χ4n) is 6.73. The number of aliphatic hydroxyl groups is 1. The van der Waals surface area contributed by atoms with Gasteiger partial charge in [-0.1, -0.05) is 0 Å². The van der Waals surface area contributed by atoms with Gasteiger partial charge < -0.3 is 15.0 Å². The molecule has 1 atom stereocenters. The minimum Gasteiger partial charge on any atom is -0.392 e. The third-order valence-electron chi connectivity index (χ3n) is 9.37. The number of halogens is 3. The normalized spacial score (nSPS) is 17.6. The van der Waals surface area contributed by atoms with Crippen LogP contribution in [0.5, 0.6) is 0 Å². The number of hydrogen-bond donors (Lipinski definition) is 2. The molecule has 47 heavy (non-hydrogen) atoms. The Hall–Kier alpha value is -4.80. The minimum absolute atomic E-state index is 0.0205. The van der Waals surface area contributed by atoms with Crippen LogP contribution in [0.3, 0.4) is 0 Å². The first-order valence-corrected chi connectivity index (χ1v) is 15.5. The molecule has 1 saturated heterocycles. The number of alkyl halides is 3. The number of aliphatic hydroxyl groups excluding tert-OH is 1. The number of rotatable bonds is 8. The van der Waals surface area contributed by atoms with Crippen LogP contribution in [-0.4, -0.2) is 61.4 Å². The zero-order valence-corrected chi connectivity index (χ0v) is 26.0. The Morgan fingerprint density at radius 1 is 1.11 bits per heavy atom. The van der Waals surface area contributed by atoms with Crippen molar-refractivity contribution in [2.75, 3.05) is 29.9 Å². The third-order valence-corrected chi connectivity index (χ3v) is 9.37. The van der Waals surface area contributed by atoms with E-state index in [2.05, 4.69) is 31.5 Å². The number of likely N-dealkylation sites (tertiary alicyclic amines) is 1. The highest BCUT2D eigenvalue weighted by Crippen LogP contribution is 2.53. The van der Waals surface area contributed by atoms with Gasteiger partial charge in [0.1, 0.15) is 18.0 Å². The Morgan fingerprint density at radius 3 is 2.57 bits per heavy atom. The van der Waals surface area contributed by atoms with E-state index in [1.807, 2.05) is 0 Å². The molecule has 2 N–H and O–H groups in total. The van der Waals surface area contributed by atoms with Crippen LogP contribution in [0.15, 0.2) is 48.8 Å². The molecule has 3 aliphatic rings. The Bertz CT molecular complexity index is 1930. The maximum absolute atomic E-state index is 14.5. The summed E-state index contributed by atoms with van der Waals surface area (Å²) < 4.78 is 45.2. The van der Waals surface area contributed by atoms with E-state index in [0.29, 0.717) is 51.4 Å². The van der Waals surface area contributed by atoms with E-state index in [0.717, 1.165) is 32.4 Å². The zero-order valence-electron chi connectivity index (χ0n) is 26.0. The minimum atomic E-state index is -4.65. The van der Waals surface area contributed by atoms with Crippen molar-refractivity contribution in [2.45, 2.75) is 51.6 Å². The molecule has 0 radical (unpaired) electrons. The van der Waals surface area contributed by atoms with Gasteiger partial charge in [-0.15, -0.1) is 10.2 Å². The quantitative estimate of drug-likeness (QED) is 0.263. The average Bonchev–Trinajstić information content (AvgIpc) is 3.29. The van der Waals surface area contributed by atoms with Crippen LogP contribution in [0.1, 0.15) is 58.8 Å².